The lowest BCUT2D eigenvalue weighted by atomic mass is 10.2. The summed E-state index contributed by atoms with van der Waals surface area (Å²) in [6, 6.07) is 6.22. The van der Waals surface area contributed by atoms with Gasteiger partial charge in [-0.05, 0) is 37.1 Å². The van der Waals surface area contributed by atoms with Crippen LogP contribution >= 0.6 is 11.8 Å². The summed E-state index contributed by atoms with van der Waals surface area (Å²) in [6.45, 7) is 4.09. The Bertz CT molecular complexity index is 302. The molecule has 0 saturated carbocycles. The number of thioether (sulfide) groups is 1. The molecule has 13 heavy (non-hydrogen) atoms. The summed E-state index contributed by atoms with van der Waals surface area (Å²) in [5.41, 5.74) is 7.49. The second-order valence-corrected chi connectivity index (χ2v) is 4.13. The molecule has 1 aromatic rings. The molecule has 0 aromatic heterocycles. The molecule has 0 saturated heterocycles. The summed E-state index contributed by atoms with van der Waals surface area (Å²) < 4.78 is 0. The Morgan fingerprint density at radius 2 is 1.85 bits per heavy atom. The van der Waals surface area contributed by atoms with Crippen LogP contribution in [-0.4, -0.2) is 11.7 Å². The van der Waals surface area contributed by atoms with E-state index in [4.69, 9.17) is 5.73 Å². The van der Waals surface area contributed by atoms with Crippen molar-refractivity contribution in [2.45, 2.75) is 18.7 Å². The van der Waals surface area contributed by atoms with Crippen LogP contribution in [-0.2, 0) is 4.79 Å². The zero-order valence-corrected chi connectivity index (χ0v) is 8.65. The molecule has 0 fully saturated rings. The van der Waals surface area contributed by atoms with E-state index in [1.165, 1.54) is 22.9 Å². The lowest BCUT2D eigenvalue weighted by molar-refractivity contribution is -0.115. The Kier molecular flexibility index (Phi) is 3.37. The monoisotopic (exact) mass is 195 g/mol. The highest BCUT2D eigenvalue weighted by atomic mass is 32.2. The first kappa shape index (κ1) is 10.1. The summed E-state index contributed by atoms with van der Waals surface area (Å²) in [7, 11) is 0. The van der Waals surface area contributed by atoms with E-state index in [-0.39, 0.29) is 5.91 Å². The third-order valence-corrected chi connectivity index (χ3v) is 2.57. The maximum absolute atomic E-state index is 10.5. The molecule has 0 unspecified atom stereocenters. The van der Waals surface area contributed by atoms with Gasteiger partial charge in [0.2, 0.25) is 5.91 Å². The van der Waals surface area contributed by atoms with Gasteiger partial charge in [0.25, 0.3) is 0 Å². The number of benzene rings is 1. The summed E-state index contributed by atoms with van der Waals surface area (Å²) in [5, 5.41) is 0. The first-order valence-electron chi connectivity index (χ1n) is 4.07. The van der Waals surface area contributed by atoms with Crippen molar-refractivity contribution in [3.05, 3.63) is 29.3 Å². The highest BCUT2D eigenvalue weighted by Crippen LogP contribution is 2.20. The zero-order chi connectivity index (χ0) is 9.84. The van der Waals surface area contributed by atoms with Gasteiger partial charge in [0.1, 0.15) is 0 Å². The van der Waals surface area contributed by atoms with Crippen molar-refractivity contribution >= 4 is 17.7 Å². The topological polar surface area (TPSA) is 43.1 Å². The number of rotatable bonds is 3. The standard InChI is InChI=1S/C10H13NOS/c1-7-3-8(2)5-9(4-7)13-6-10(11)12/h3-5H,6H2,1-2H3,(H2,11,12). The Morgan fingerprint density at radius 1 is 1.31 bits per heavy atom. The van der Waals surface area contributed by atoms with Gasteiger partial charge in [0.15, 0.2) is 0 Å². The molecule has 1 amide bonds. The third kappa shape index (κ3) is 3.51. The average molecular weight is 195 g/mol. The number of amides is 1. The molecule has 0 aliphatic heterocycles. The van der Waals surface area contributed by atoms with Crippen molar-refractivity contribution in [3.63, 3.8) is 0 Å². The van der Waals surface area contributed by atoms with E-state index in [0.717, 1.165) is 4.90 Å². The molecule has 70 valence electrons. The Balaban J connectivity index is 2.71. The third-order valence-electron chi connectivity index (χ3n) is 1.58. The van der Waals surface area contributed by atoms with Gasteiger partial charge in [-0.2, -0.15) is 0 Å². The number of aryl methyl sites for hydroxylation is 2. The van der Waals surface area contributed by atoms with E-state index >= 15 is 0 Å². The molecule has 1 aromatic carbocycles. The molecule has 3 heteroatoms. The molecule has 1 rings (SSSR count). The molecule has 0 aliphatic carbocycles. The number of hydrogen-bond donors (Lipinski definition) is 1. The van der Waals surface area contributed by atoms with Gasteiger partial charge in [-0.25, -0.2) is 0 Å². The van der Waals surface area contributed by atoms with E-state index in [1.807, 2.05) is 13.8 Å². The van der Waals surface area contributed by atoms with Gasteiger partial charge in [-0.3, -0.25) is 4.79 Å². The highest BCUT2D eigenvalue weighted by Gasteiger charge is 1.99. The van der Waals surface area contributed by atoms with Crippen LogP contribution in [0.3, 0.4) is 0 Å². The molecular weight excluding hydrogens is 182 g/mol. The van der Waals surface area contributed by atoms with E-state index in [0.29, 0.717) is 5.75 Å². The second-order valence-electron chi connectivity index (χ2n) is 3.08. The fraction of sp³-hybridized carbons (Fsp3) is 0.300. The normalized spacial score (nSPS) is 10.0. The summed E-state index contributed by atoms with van der Waals surface area (Å²) in [6.07, 6.45) is 0. The minimum absolute atomic E-state index is 0.274. The van der Waals surface area contributed by atoms with E-state index in [1.54, 1.807) is 0 Å². The SMILES string of the molecule is Cc1cc(C)cc(SCC(N)=O)c1. The molecule has 0 heterocycles. The second kappa shape index (κ2) is 4.33. The Hall–Kier alpha value is -0.960. The maximum Gasteiger partial charge on any atom is 0.227 e. The smallest absolute Gasteiger partial charge is 0.227 e. The fourth-order valence-corrected chi connectivity index (χ4v) is 2.02. The van der Waals surface area contributed by atoms with Crippen LogP contribution in [0, 0.1) is 13.8 Å². The van der Waals surface area contributed by atoms with Gasteiger partial charge in [-0.15, -0.1) is 11.8 Å². The molecule has 2 N–H and O–H groups in total. The van der Waals surface area contributed by atoms with Crippen molar-refractivity contribution < 1.29 is 4.79 Å². The predicted molar refractivity (Wildman–Crippen MR) is 55.8 cm³/mol. The van der Waals surface area contributed by atoms with Crippen molar-refractivity contribution in [2.24, 2.45) is 5.73 Å². The summed E-state index contributed by atoms with van der Waals surface area (Å²) >= 11 is 1.48. The van der Waals surface area contributed by atoms with Crippen LogP contribution in [0.1, 0.15) is 11.1 Å². The van der Waals surface area contributed by atoms with Crippen molar-refractivity contribution in [1.29, 1.82) is 0 Å². The Labute approximate surface area is 82.5 Å². The van der Waals surface area contributed by atoms with Crippen molar-refractivity contribution in [2.75, 3.05) is 5.75 Å². The minimum atomic E-state index is -0.274. The molecular formula is C10H13NOS. The van der Waals surface area contributed by atoms with Crippen LogP contribution in [0.4, 0.5) is 0 Å². The van der Waals surface area contributed by atoms with Gasteiger partial charge in [0, 0.05) is 4.90 Å². The average Bonchev–Trinajstić information content (AvgIpc) is 1.99. The quantitative estimate of drug-likeness (QED) is 0.748. The lowest BCUT2D eigenvalue weighted by Crippen LogP contribution is -2.12. The molecule has 0 radical (unpaired) electrons. The Morgan fingerprint density at radius 3 is 2.31 bits per heavy atom. The van der Waals surface area contributed by atoms with E-state index < -0.39 is 0 Å². The summed E-state index contributed by atoms with van der Waals surface area (Å²) in [4.78, 5) is 11.7. The molecule has 0 bridgehead atoms. The first-order valence-corrected chi connectivity index (χ1v) is 5.06. The van der Waals surface area contributed by atoms with E-state index in [9.17, 15) is 4.79 Å². The van der Waals surface area contributed by atoms with E-state index in [2.05, 4.69) is 18.2 Å². The first-order chi connectivity index (χ1) is 6.08. The summed E-state index contributed by atoms with van der Waals surface area (Å²) in [5.74, 6) is 0.0762. The van der Waals surface area contributed by atoms with Crippen LogP contribution in [0.5, 0.6) is 0 Å². The molecule has 0 atom stereocenters. The van der Waals surface area contributed by atoms with Crippen LogP contribution in [0.25, 0.3) is 0 Å². The molecule has 0 spiro atoms. The number of nitrogens with two attached hydrogens (primary N) is 1. The minimum Gasteiger partial charge on any atom is -0.369 e. The van der Waals surface area contributed by atoms with Crippen LogP contribution in [0.2, 0.25) is 0 Å². The highest BCUT2D eigenvalue weighted by molar-refractivity contribution is 8.00. The maximum atomic E-state index is 10.5. The van der Waals surface area contributed by atoms with Crippen LogP contribution < -0.4 is 5.73 Å². The largest absolute Gasteiger partial charge is 0.369 e. The van der Waals surface area contributed by atoms with Gasteiger partial charge in [0.05, 0.1) is 5.75 Å². The zero-order valence-electron chi connectivity index (χ0n) is 7.83. The predicted octanol–water partition coefficient (Wildman–Crippen LogP) is 1.88. The van der Waals surface area contributed by atoms with Gasteiger partial charge in [-0.1, -0.05) is 6.07 Å². The molecule has 2 nitrogen and oxygen atoms in total. The van der Waals surface area contributed by atoms with Gasteiger partial charge < -0.3 is 5.73 Å². The number of carbonyl (C=O) groups excluding carboxylic acids is 1. The fourth-order valence-electron chi connectivity index (χ4n) is 1.17. The number of carbonyl (C=O) groups is 1. The number of primary amides is 1. The van der Waals surface area contributed by atoms with Crippen molar-refractivity contribution in [1.82, 2.24) is 0 Å². The number of hydrogen-bond acceptors (Lipinski definition) is 2. The van der Waals surface area contributed by atoms with Gasteiger partial charge >= 0.3 is 0 Å². The van der Waals surface area contributed by atoms with Crippen molar-refractivity contribution in [3.8, 4) is 0 Å². The van der Waals surface area contributed by atoms with Crippen LogP contribution in [0.15, 0.2) is 23.1 Å². The lowest BCUT2D eigenvalue weighted by Gasteiger charge is -2.02. The molecule has 0 aliphatic rings.